The fourth-order valence-electron chi connectivity index (χ4n) is 7.46. The van der Waals surface area contributed by atoms with Gasteiger partial charge in [0.1, 0.15) is 4.75 Å². The smallest absolute Gasteiger partial charge is 0.435 e. The van der Waals surface area contributed by atoms with Crippen LogP contribution in [0.1, 0.15) is 67.7 Å². The van der Waals surface area contributed by atoms with Crippen molar-refractivity contribution in [3.8, 4) is 0 Å². The maximum absolute atomic E-state index is 15.0. The topological polar surface area (TPSA) is 91.8 Å². The van der Waals surface area contributed by atoms with Crippen LogP contribution in [0.2, 0.25) is 0 Å². The number of alkyl halides is 7. The molecule has 2 aliphatic carbocycles. The van der Waals surface area contributed by atoms with Crippen LogP contribution in [0.15, 0.2) is 47.4 Å². The Morgan fingerprint density at radius 2 is 1.47 bits per heavy atom. The minimum Gasteiger partial charge on any atom is -0.481 e. The minimum atomic E-state index is -6.34. The van der Waals surface area contributed by atoms with E-state index in [9.17, 15) is 49.5 Å². The Morgan fingerprint density at radius 1 is 0.889 bits per heavy atom. The number of carboxylic acid groups (broad SMARTS) is 1. The van der Waals surface area contributed by atoms with E-state index in [0.29, 0.717) is 12.1 Å². The zero-order valence-electron chi connectivity index (χ0n) is 24.4. The van der Waals surface area contributed by atoms with Crippen LogP contribution in [-0.4, -0.2) is 55.2 Å². The Hall–Kier alpha value is -3.16. The van der Waals surface area contributed by atoms with Gasteiger partial charge in [-0.25, -0.2) is 12.8 Å². The summed E-state index contributed by atoms with van der Waals surface area (Å²) >= 11 is 0. The Morgan fingerprint density at radius 3 is 2.00 bits per heavy atom. The monoisotopic (exact) mass is 663 g/mol. The molecule has 1 heterocycles. The molecule has 1 saturated carbocycles. The number of hydrogen-bond acceptors (Lipinski definition) is 4. The number of nitrogens with zero attached hydrogens (tertiary/aromatic N) is 1. The molecule has 2 fully saturated rings. The van der Waals surface area contributed by atoms with E-state index in [2.05, 4.69) is 0 Å². The third-order valence-electron chi connectivity index (χ3n) is 10.1. The van der Waals surface area contributed by atoms with Crippen LogP contribution in [0.25, 0.3) is 0 Å². The molecule has 1 saturated heterocycles. The second-order valence-corrected chi connectivity index (χ2v) is 14.9. The maximum atomic E-state index is 15.0. The molecule has 2 aromatic carbocycles. The molecule has 0 aromatic heterocycles. The van der Waals surface area contributed by atoms with Crippen LogP contribution in [0, 0.1) is 18.3 Å². The van der Waals surface area contributed by atoms with E-state index in [0.717, 1.165) is 11.6 Å². The summed E-state index contributed by atoms with van der Waals surface area (Å²) in [4.78, 5) is 26.9. The molecule has 45 heavy (non-hydrogen) atoms. The third-order valence-corrected chi connectivity index (χ3v) is 12.6. The second kappa shape index (κ2) is 10.7. The lowest BCUT2D eigenvalue weighted by molar-refractivity contribution is -0.348. The molecule has 6 nitrogen and oxygen atoms in total. The van der Waals surface area contributed by atoms with Gasteiger partial charge >= 0.3 is 24.0 Å². The Kier molecular flexibility index (Phi) is 7.90. The molecule has 2 aromatic rings. The zero-order valence-corrected chi connectivity index (χ0v) is 25.3. The van der Waals surface area contributed by atoms with Gasteiger partial charge in [-0.1, -0.05) is 42.8 Å². The maximum Gasteiger partial charge on any atom is 0.435 e. The second-order valence-electron chi connectivity index (χ2n) is 12.7. The van der Waals surface area contributed by atoms with Gasteiger partial charge in [-0.3, -0.25) is 9.59 Å². The molecule has 14 heteroatoms. The van der Waals surface area contributed by atoms with E-state index in [-0.39, 0.29) is 73.4 Å². The molecule has 3 aliphatic rings. The molecule has 0 bridgehead atoms. The van der Waals surface area contributed by atoms with Crippen LogP contribution in [0.5, 0.6) is 0 Å². The molecule has 2 atom stereocenters. The highest BCUT2D eigenvalue weighted by Crippen LogP contribution is 2.57. The van der Waals surface area contributed by atoms with E-state index < -0.39 is 61.5 Å². The number of halogens is 7. The number of amides is 1. The van der Waals surface area contributed by atoms with Gasteiger partial charge in [-0.15, -0.1) is 0 Å². The summed E-state index contributed by atoms with van der Waals surface area (Å²) in [6.45, 7) is 3.36. The lowest BCUT2D eigenvalue weighted by atomic mass is 9.70. The first-order valence-electron chi connectivity index (χ1n) is 14.5. The average molecular weight is 664 g/mol. The standard InChI is InChI=1S/C31H32F7NO5S/c1-18-3-7-22(8-4-18)45(43,44)28-15-16-39(26(42)27(2)13-11-19(12-14-27)25(40)41)24(28)10-5-20-17-21(6-9-23(20)28)29(32,30(33,34)35)31(36,37)38/h3-4,6-9,17,19,24H,5,10-16H2,1-2H3,(H,40,41). The van der Waals surface area contributed by atoms with Gasteiger partial charge in [0.15, 0.2) is 9.84 Å². The molecule has 1 N–H and O–H groups in total. The van der Waals surface area contributed by atoms with Crippen LogP contribution in [0.4, 0.5) is 30.7 Å². The predicted molar refractivity (Wildman–Crippen MR) is 148 cm³/mol. The first-order chi connectivity index (χ1) is 20.7. The molecule has 246 valence electrons. The third kappa shape index (κ3) is 4.93. The van der Waals surface area contributed by atoms with Crippen LogP contribution in [-0.2, 0) is 36.3 Å². The number of aryl methyl sites for hydroxylation is 2. The summed E-state index contributed by atoms with van der Waals surface area (Å²) in [7, 11) is -4.44. The van der Waals surface area contributed by atoms with Crippen molar-refractivity contribution in [3.05, 3.63) is 64.7 Å². The number of benzene rings is 2. The lowest BCUT2D eigenvalue weighted by Crippen LogP contribution is -2.55. The van der Waals surface area contributed by atoms with Gasteiger partial charge in [-0.05, 0) is 75.1 Å². The SMILES string of the molecule is Cc1ccc(S(=O)(=O)C23CCN(C(=O)C4(C)CCC(C(=O)O)CC4)C2CCc2cc(C(F)(C(F)(F)F)C(F)(F)F)ccc23)cc1. The summed E-state index contributed by atoms with van der Waals surface area (Å²) in [5.74, 6) is -1.96. The molecule has 0 spiro atoms. The summed E-state index contributed by atoms with van der Waals surface area (Å²) in [6.07, 6.45) is -12.2. The number of carbonyl (C=O) groups excluding carboxylic acids is 1. The van der Waals surface area contributed by atoms with Crippen molar-refractivity contribution in [2.24, 2.45) is 11.3 Å². The Labute approximate surface area is 255 Å². The molecule has 5 rings (SSSR count). The van der Waals surface area contributed by atoms with Crippen molar-refractivity contribution in [2.45, 2.75) is 92.5 Å². The van der Waals surface area contributed by atoms with Gasteiger partial charge in [0.25, 0.3) is 0 Å². The van der Waals surface area contributed by atoms with E-state index in [4.69, 9.17) is 0 Å². The van der Waals surface area contributed by atoms with E-state index >= 15 is 4.39 Å². The number of carbonyl (C=O) groups is 2. The number of carboxylic acids is 1. The molecular weight excluding hydrogens is 631 g/mol. The van der Waals surface area contributed by atoms with E-state index in [1.807, 2.05) is 0 Å². The van der Waals surface area contributed by atoms with Gasteiger partial charge in [0.2, 0.25) is 5.91 Å². The number of likely N-dealkylation sites (tertiary alicyclic amines) is 1. The van der Waals surface area contributed by atoms with Crippen molar-refractivity contribution < 1.29 is 53.8 Å². The van der Waals surface area contributed by atoms with Crippen LogP contribution in [0.3, 0.4) is 0 Å². The number of rotatable bonds is 5. The highest BCUT2D eigenvalue weighted by Gasteiger charge is 2.74. The molecule has 1 aliphatic heterocycles. The van der Waals surface area contributed by atoms with Crippen LogP contribution < -0.4 is 0 Å². The summed E-state index contributed by atoms with van der Waals surface area (Å²) in [6, 6.07) is 6.43. The molecule has 2 unspecified atom stereocenters. The summed E-state index contributed by atoms with van der Waals surface area (Å²) in [5, 5.41) is 9.40. The first kappa shape index (κ1) is 33.2. The van der Waals surface area contributed by atoms with Crippen molar-refractivity contribution in [1.82, 2.24) is 4.90 Å². The Bertz CT molecular complexity index is 1600. The summed E-state index contributed by atoms with van der Waals surface area (Å²) in [5.41, 5.74) is -7.87. The van der Waals surface area contributed by atoms with Crippen LogP contribution >= 0.6 is 0 Å². The van der Waals surface area contributed by atoms with Crippen molar-refractivity contribution in [2.75, 3.05) is 6.54 Å². The zero-order chi connectivity index (χ0) is 33.4. The van der Waals surface area contributed by atoms with Crippen molar-refractivity contribution in [1.29, 1.82) is 0 Å². The quantitative estimate of drug-likeness (QED) is 0.356. The normalized spacial score (nSPS) is 27.5. The highest BCUT2D eigenvalue weighted by molar-refractivity contribution is 7.92. The summed E-state index contributed by atoms with van der Waals surface area (Å²) < 4.78 is 124. The van der Waals surface area contributed by atoms with Gasteiger partial charge in [0.05, 0.1) is 16.9 Å². The number of hydrogen-bond donors (Lipinski definition) is 1. The fourth-order valence-corrected chi connectivity index (χ4v) is 9.83. The predicted octanol–water partition coefficient (Wildman–Crippen LogP) is 6.78. The molecule has 0 radical (unpaired) electrons. The largest absolute Gasteiger partial charge is 0.481 e. The lowest BCUT2D eigenvalue weighted by Gasteiger charge is -2.45. The van der Waals surface area contributed by atoms with E-state index in [1.54, 1.807) is 26.0 Å². The number of fused-ring (bicyclic) bond motifs is 3. The number of aliphatic carboxylic acids is 1. The highest BCUT2D eigenvalue weighted by atomic mass is 32.2. The van der Waals surface area contributed by atoms with E-state index in [1.165, 1.54) is 17.0 Å². The van der Waals surface area contributed by atoms with Crippen molar-refractivity contribution >= 4 is 21.7 Å². The van der Waals surface area contributed by atoms with Crippen molar-refractivity contribution in [3.63, 3.8) is 0 Å². The molecule has 1 amide bonds. The average Bonchev–Trinajstić information content (AvgIpc) is 3.37. The van der Waals surface area contributed by atoms with Gasteiger partial charge < -0.3 is 10.0 Å². The minimum absolute atomic E-state index is 0.0636. The number of sulfone groups is 1. The Balaban J connectivity index is 1.64. The molecular formula is C31H32F7NO5S. The van der Waals surface area contributed by atoms with Gasteiger partial charge in [0, 0.05) is 17.5 Å². The van der Waals surface area contributed by atoms with Gasteiger partial charge in [-0.2, -0.15) is 26.3 Å². The fraction of sp³-hybridized carbons (Fsp3) is 0.548. The first-order valence-corrected chi connectivity index (χ1v) is 16.0.